The van der Waals surface area contributed by atoms with E-state index in [0.29, 0.717) is 17.1 Å². The number of methoxy groups -OCH3 is 1. The monoisotopic (exact) mass is 429 g/mol. The summed E-state index contributed by atoms with van der Waals surface area (Å²) in [4.78, 5) is 41.4. The maximum atomic E-state index is 13.0. The van der Waals surface area contributed by atoms with Crippen molar-refractivity contribution in [3.05, 3.63) is 92.1 Å². The summed E-state index contributed by atoms with van der Waals surface area (Å²) in [6.45, 7) is 1.31. The van der Waals surface area contributed by atoms with E-state index in [1.165, 1.54) is 14.0 Å². The molecule has 1 aliphatic rings. The molecule has 1 atom stereocenters. The highest BCUT2D eigenvalue weighted by Crippen LogP contribution is 2.46. The molecule has 0 bridgehead atoms. The summed E-state index contributed by atoms with van der Waals surface area (Å²) in [6.07, 6.45) is 0. The van der Waals surface area contributed by atoms with Crippen LogP contribution in [0.1, 0.15) is 29.5 Å². The van der Waals surface area contributed by atoms with Gasteiger partial charge in [-0.25, -0.2) is 4.79 Å². The molecular weight excluding hydrogens is 410 g/mol. The van der Waals surface area contributed by atoms with Gasteiger partial charge >= 0.3 is 11.7 Å². The van der Waals surface area contributed by atoms with Gasteiger partial charge in [0, 0.05) is 18.5 Å². The standard InChI is InChI=1S/C24H19N3O5/c1-12(28)32-17-10-8-14(11-18(17)31-2)19-20-15-6-4-3-5-13(15)7-9-16(20)25-22-21(19)23(29)27-24(30)26-22/h3-11,19H,1-2H3,(H3,25,26,27,29,30). The average molecular weight is 429 g/mol. The molecule has 0 spiro atoms. The number of benzene rings is 3. The molecule has 1 aromatic heterocycles. The van der Waals surface area contributed by atoms with E-state index >= 15 is 0 Å². The molecule has 1 aliphatic heterocycles. The van der Waals surface area contributed by atoms with Gasteiger partial charge in [0.25, 0.3) is 5.56 Å². The molecule has 8 nitrogen and oxygen atoms in total. The zero-order valence-electron chi connectivity index (χ0n) is 17.3. The Morgan fingerprint density at radius 1 is 0.938 bits per heavy atom. The molecule has 3 aromatic carbocycles. The van der Waals surface area contributed by atoms with Crippen molar-refractivity contribution in [2.45, 2.75) is 12.8 Å². The van der Waals surface area contributed by atoms with Crippen molar-refractivity contribution in [1.82, 2.24) is 9.97 Å². The second-order valence-corrected chi connectivity index (χ2v) is 7.51. The first-order valence-corrected chi connectivity index (χ1v) is 9.98. The van der Waals surface area contributed by atoms with Crippen LogP contribution >= 0.6 is 0 Å². The first kappa shape index (κ1) is 19.6. The summed E-state index contributed by atoms with van der Waals surface area (Å²) in [5.74, 6) is 0.0169. The van der Waals surface area contributed by atoms with Crippen LogP contribution in [0.15, 0.2) is 64.2 Å². The molecule has 3 N–H and O–H groups in total. The molecule has 5 rings (SSSR count). The number of anilines is 2. The van der Waals surface area contributed by atoms with E-state index in [1.807, 2.05) is 36.4 Å². The lowest BCUT2D eigenvalue weighted by Gasteiger charge is -2.30. The maximum Gasteiger partial charge on any atom is 0.327 e. The first-order valence-electron chi connectivity index (χ1n) is 9.98. The Hall–Kier alpha value is -4.33. The maximum absolute atomic E-state index is 13.0. The molecule has 0 amide bonds. The van der Waals surface area contributed by atoms with Crippen LogP contribution in [0.3, 0.4) is 0 Å². The minimum absolute atomic E-state index is 0.284. The van der Waals surface area contributed by atoms with Gasteiger partial charge in [0.15, 0.2) is 11.5 Å². The highest BCUT2D eigenvalue weighted by Gasteiger charge is 2.32. The van der Waals surface area contributed by atoms with Crippen LogP contribution in [0.5, 0.6) is 11.5 Å². The molecular formula is C24H19N3O5. The van der Waals surface area contributed by atoms with Crippen molar-refractivity contribution in [3.8, 4) is 11.5 Å². The second kappa shape index (κ2) is 7.42. The van der Waals surface area contributed by atoms with Gasteiger partial charge < -0.3 is 14.8 Å². The Kier molecular flexibility index (Phi) is 4.55. The molecule has 0 aliphatic carbocycles. The molecule has 0 radical (unpaired) electrons. The number of carbonyl (C=O) groups is 1. The van der Waals surface area contributed by atoms with Crippen molar-refractivity contribution in [2.24, 2.45) is 0 Å². The SMILES string of the molecule is COc1cc(C2c3c([nH]c(=O)[nH]c3=O)Nc3ccc4ccccc4c32)ccc1OC(C)=O. The molecule has 0 saturated heterocycles. The summed E-state index contributed by atoms with van der Waals surface area (Å²) < 4.78 is 10.7. The third-order valence-corrected chi connectivity index (χ3v) is 5.56. The number of H-pyrrole nitrogens is 2. The minimum atomic E-state index is -0.591. The topological polar surface area (TPSA) is 113 Å². The van der Waals surface area contributed by atoms with E-state index in [9.17, 15) is 14.4 Å². The van der Waals surface area contributed by atoms with Crippen molar-refractivity contribution < 1.29 is 14.3 Å². The molecule has 4 aromatic rings. The van der Waals surface area contributed by atoms with Crippen LogP contribution in [-0.2, 0) is 4.79 Å². The third kappa shape index (κ3) is 3.13. The van der Waals surface area contributed by atoms with Crippen molar-refractivity contribution in [2.75, 3.05) is 12.4 Å². The van der Waals surface area contributed by atoms with Crippen LogP contribution in [0.2, 0.25) is 0 Å². The van der Waals surface area contributed by atoms with Gasteiger partial charge in [0.05, 0.1) is 12.7 Å². The average Bonchev–Trinajstić information content (AvgIpc) is 2.77. The van der Waals surface area contributed by atoms with E-state index < -0.39 is 23.1 Å². The van der Waals surface area contributed by atoms with E-state index in [4.69, 9.17) is 9.47 Å². The van der Waals surface area contributed by atoms with E-state index in [-0.39, 0.29) is 5.75 Å². The molecule has 2 heterocycles. The number of ether oxygens (including phenoxy) is 2. The van der Waals surface area contributed by atoms with Crippen molar-refractivity contribution >= 4 is 28.2 Å². The Bertz CT molecular complexity index is 1500. The van der Waals surface area contributed by atoms with Crippen LogP contribution in [0.4, 0.5) is 11.5 Å². The minimum Gasteiger partial charge on any atom is -0.493 e. The largest absolute Gasteiger partial charge is 0.493 e. The molecule has 8 heteroatoms. The third-order valence-electron chi connectivity index (χ3n) is 5.56. The highest BCUT2D eigenvalue weighted by atomic mass is 16.6. The van der Waals surface area contributed by atoms with Gasteiger partial charge in [-0.2, -0.15) is 0 Å². The quantitative estimate of drug-likeness (QED) is 0.299. The zero-order chi connectivity index (χ0) is 22.4. The van der Waals surface area contributed by atoms with Gasteiger partial charge in [-0.3, -0.25) is 19.6 Å². The summed E-state index contributed by atoms with van der Waals surface area (Å²) in [5.41, 5.74) is 1.74. The second-order valence-electron chi connectivity index (χ2n) is 7.51. The van der Waals surface area contributed by atoms with Gasteiger partial charge in [0.1, 0.15) is 5.82 Å². The fourth-order valence-electron chi connectivity index (χ4n) is 4.30. The predicted molar refractivity (Wildman–Crippen MR) is 120 cm³/mol. The van der Waals surface area contributed by atoms with Crippen LogP contribution in [0.25, 0.3) is 10.8 Å². The van der Waals surface area contributed by atoms with Crippen LogP contribution < -0.4 is 26.0 Å². The first-order chi connectivity index (χ1) is 15.5. The van der Waals surface area contributed by atoms with Gasteiger partial charge in [-0.1, -0.05) is 36.4 Å². The van der Waals surface area contributed by atoms with Gasteiger partial charge in [-0.15, -0.1) is 0 Å². The number of hydrogen-bond acceptors (Lipinski definition) is 6. The number of fused-ring (bicyclic) bond motifs is 4. The van der Waals surface area contributed by atoms with Gasteiger partial charge in [-0.05, 0) is 40.1 Å². The van der Waals surface area contributed by atoms with Crippen molar-refractivity contribution in [1.29, 1.82) is 0 Å². The Balaban J connectivity index is 1.82. The normalized spacial score (nSPS) is 14.2. The van der Waals surface area contributed by atoms with E-state index in [0.717, 1.165) is 27.6 Å². The lowest BCUT2D eigenvalue weighted by Crippen LogP contribution is -2.32. The number of aromatic amines is 2. The summed E-state index contributed by atoms with van der Waals surface area (Å²) in [5, 5.41) is 5.20. The van der Waals surface area contributed by atoms with Crippen LogP contribution in [0, 0.1) is 0 Å². The molecule has 0 saturated carbocycles. The Morgan fingerprint density at radius 2 is 1.75 bits per heavy atom. The number of carbonyl (C=O) groups excluding carboxylic acids is 1. The Labute approximate surface area is 181 Å². The molecule has 32 heavy (non-hydrogen) atoms. The predicted octanol–water partition coefficient (Wildman–Crippen LogP) is 3.39. The van der Waals surface area contributed by atoms with Gasteiger partial charge in [0.2, 0.25) is 0 Å². The fraction of sp³-hybridized carbons (Fsp3) is 0.125. The molecule has 0 fully saturated rings. The van der Waals surface area contributed by atoms with E-state index in [1.54, 1.807) is 18.2 Å². The number of nitrogens with one attached hydrogen (secondary N) is 3. The smallest absolute Gasteiger partial charge is 0.327 e. The number of aromatic nitrogens is 2. The summed E-state index contributed by atoms with van der Waals surface area (Å²) in [6, 6.07) is 17.0. The van der Waals surface area contributed by atoms with E-state index in [2.05, 4.69) is 15.3 Å². The fourth-order valence-corrected chi connectivity index (χ4v) is 4.30. The number of hydrogen-bond donors (Lipinski definition) is 3. The lowest BCUT2D eigenvalue weighted by atomic mass is 9.80. The number of rotatable bonds is 3. The summed E-state index contributed by atoms with van der Waals surface area (Å²) in [7, 11) is 1.48. The molecule has 160 valence electrons. The van der Waals surface area contributed by atoms with Crippen molar-refractivity contribution in [3.63, 3.8) is 0 Å². The lowest BCUT2D eigenvalue weighted by molar-refractivity contribution is -0.132. The summed E-state index contributed by atoms with van der Waals surface area (Å²) >= 11 is 0. The zero-order valence-corrected chi connectivity index (χ0v) is 17.3. The Morgan fingerprint density at radius 3 is 2.53 bits per heavy atom. The highest BCUT2D eigenvalue weighted by molar-refractivity contribution is 5.94. The molecule has 1 unspecified atom stereocenters. The number of esters is 1. The van der Waals surface area contributed by atoms with Crippen LogP contribution in [-0.4, -0.2) is 23.0 Å².